The van der Waals surface area contributed by atoms with Crippen LogP contribution in [0.25, 0.3) is 0 Å². The lowest BCUT2D eigenvalue weighted by Crippen LogP contribution is -2.41. The van der Waals surface area contributed by atoms with Crippen molar-refractivity contribution < 1.29 is 19.1 Å². The first kappa shape index (κ1) is 24.3. The fourth-order valence-electron chi connectivity index (χ4n) is 4.36. The molecule has 1 saturated carbocycles. The highest BCUT2D eigenvalue weighted by Gasteiger charge is 2.32. The third-order valence-electron chi connectivity index (χ3n) is 5.89. The van der Waals surface area contributed by atoms with E-state index in [4.69, 9.17) is 4.74 Å². The number of amides is 2. The van der Waals surface area contributed by atoms with Gasteiger partial charge in [-0.2, -0.15) is 5.26 Å². The highest BCUT2D eigenvalue weighted by Crippen LogP contribution is 2.28. The van der Waals surface area contributed by atoms with E-state index >= 15 is 0 Å². The third kappa shape index (κ3) is 8.43. The van der Waals surface area contributed by atoms with Crippen LogP contribution in [0.1, 0.15) is 78.6 Å². The molecule has 1 heterocycles. The predicted molar refractivity (Wildman–Crippen MR) is 113 cm³/mol. The molecule has 168 valence electrons. The number of ether oxygens (including phenoxy) is 1. The predicted octanol–water partition coefficient (Wildman–Crippen LogP) is 2.88. The second-order valence-corrected chi connectivity index (χ2v) is 9.98. The van der Waals surface area contributed by atoms with E-state index in [1.54, 1.807) is 0 Å². The molecule has 2 amide bonds. The summed E-state index contributed by atoms with van der Waals surface area (Å²) in [6.07, 6.45) is 7.28. The number of hydrogen-bond acceptors (Lipinski definition) is 5. The smallest absolute Gasteiger partial charge is 0.224 e. The maximum absolute atomic E-state index is 12.9. The Bertz CT molecular complexity index is 644. The van der Waals surface area contributed by atoms with Gasteiger partial charge < -0.3 is 15.4 Å². The molecule has 2 rings (SSSR count). The molecular formula is C23H37N3O4. The summed E-state index contributed by atoms with van der Waals surface area (Å²) in [5, 5.41) is 15.0. The van der Waals surface area contributed by atoms with Gasteiger partial charge in [0.15, 0.2) is 5.78 Å². The van der Waals surface area contributed by atoms with Crippen molar-refractivity contribution in [2.75, 3.05) is 13.2 Å². The Morgan fingerprint density at radius 2 is 1.93 bits per heavy atom. The zero-order valence-electron chi connectivity index (χ0n) is 18.7. The summed E-state index contributed by atoms with van der Waals surface area (Å²) in [6.45, 7) is 6.74. The minimum absolute atomic E-state index is 0.0442. The fraction of sp³-hybridized carbons (Fsp3) is 0.826. The Labute approximate surface area is 180 Å². The molecule has 0 aromatic heterocycles. The second kappa shape index (κ2) is 11.5. The maximum atomic E-state index is 12.9. The number of ketones is 1. The van der Waals surface area contributed by atoms with E-state index < -0.39 is 12.0 Å². The summed E-state index contributed by atoms with van der Waals surface area (Å²) in [5.74, 6) is -1.19. The van der Waals surface area contributed by atoms with Gasteiger partial charge in [0.1, 0.15) is 12.6 Å². The van der Waals surface area contributed by atoms with Gasteiger partial charge in [0, 0.05) is 24.8 Å². The van der Waals surface area contributed by atoms with Crippen molar-refractivity contribution in [3.05, 3.63) is 0 Å². The summed E-state index contributed by atoms with van der Waals surface area (Å²) in [5.41, 5.74) is -0.139. The van der Waals surface area contributed by atoms with Gasteiger partial charge in [0.05, 0.1) is 12.2 Å². The standard InChI is InChI=1S/C23H37N3O4/c1-23(2,3)13-17(12-19(27)15-30-20-7-5-4-6-8-20)22(29)26-18(14-24)11-16-9-10-25-21(16)28/h16-18,20H,4-13,15H2,1-3H3,(H,25,28)(H,26,29)/t16-,17-,18-/m0/s1. The minimum atomic E-state index is -0.734. The molecule has 1 saturated heterocycles. The van der Waals surface area contributed by atoms with Gasteiger partial charge in [0.25, 0.3) is 0 Å². The third-order valence-corrected chi connectivity index (χ3v) is 5.89. The Hall–Kier alpha value is -1.94. The van der Waals surface area contributed by atoms with E-state index in [1.807, 2.05) is 20.8 Å². The van der Waals surface area contributed by atoms with E-state index in [-0.39, 0.29) is 48.1 Å². The van der Waals surface area contributed by atoms with E-state index in [2.05, 4.69) is 16.7 Å². The van der Waals surface area contributed by atoms with Gasteiger partial charge >= 0.3 is 0 Å². The number of nitrogens with one attached hydrogen (secondary N) is 2. The number of nitriles is 1. The van der Waals surface area contributed by atoms with Crippen LogP contribution >= 0.6 is 0 Å². The lowest BCUT2D eigenvalue weighted by molar-refractivity contribution is -0.133. The molecule has 0 bridgehead atoms. The van der Waals surface area contributed by atoms with Crippen molar-refractivity contribution in [2.45, 2.75) is 90.7 Å². The average molecular weight is 420 g/mol. The molecule has 0 unspecified atom stereocenters. The Morgan fingerprint density at radius 1 is 1.23 bits per heavy atom. The number of Topliss-reactive ketones (excluding diaryl/α,β-unsaturated/α-hetero) is 1. The minimum Gasteiger partial charge on any atom is -0.370 e. The van der Waals surface area contributed by atoms with Crippen LogP contribution in [0.15, 0.2) is 0 Å². The number of hydrogen-bond donors (Lipinski definition) is 2. The van der Waals surface area contributed by atoms with Crippen molar-refractivity contribution >= 4 is 17.6 Å². The van der Waals surface area contributed by atoms with E-state index in [0.29, 0.717) is 25.8 Å². The Balaban J connectivity index is 1.91. The zero-order valence-corrected chi connectivity index (χ0v) is 18.7. The van der Waals surface area contributed by atoms with E-state index in [9.17, 15) is 19.6 Å². The van der Waals surface area contributed by atoms with Gasteiger partial charge in [-0.1, -0.05) is 40.0 Å². The Morgan fingerprint density at radius 3 is 2.50 bits per heavy atom. The molecule has 0 aromatic rings. The van der Waals surface area contributed by atoms with Crippen LogP contribution < -0.4 is 10.6 Å². The molecule has 3 atom stereocenters. The first-order chi connectivity index (χ1) is 14.2. The van der Waals surface area contributed by atoms with Gasteiger partial charge in [-0.25, -0.2) is 0 Å². The Kier molecular flexibility index (Phi) is 9.29. The van der Waals surface area contributed by atoms with E-state index in [0.717, 1.165) is 25.7 Å². The summed E-state index contributed by atoms with van der Waals surface area (Å²) in [4.78, 5) is 37.3. The molecular weight excluding hydrogens is 382 g/mol. The average Bonchev–Trinajstić information content (AvgIpc) is 3.09. The molecule has 2 N–H and O–H groups in total. The second-order valence-electron chi connectivity index (χ2n) is 9.98. The summed E-state index contributed by atoms with van der Waals surface area (Å²) < 4.78 is 5.78. The number of carbonyl (C=O) groups is 3. The highest BCUT2D eigenvalue weighted by molar-refractivity contribution is 5.88. The van der Waals surface area contributed by atoms with Crippen LogP contribution in [0.3, 0.4) is 0 Å². The molecule has 0 aromatic carbocycles. The molecule has 2 fully saturated rings. The van der Waals surface area contributed by atoms with Crippen molar-refractivity contribution in [3.63, 3.8) is 0 Å². The largest absolute Gasteiger partial charge is 0.370 e. The van der Waals surface area contributed by atoms with Crippen molar-refractivity contribution in [1.82, 2.24) is 10.6 Å². The van der Waals surface area contributed by atoms with Crippen LogP contribution in [-0.2, 0) is 19.1 Å². The number of rotatable bonds is 10. The molecule has 30 heavy (non-hydrogen) atoms. The first-order valence-electron chi connectivity index (χ1n) is 11.3. The molecule has 1 aliphatic carbocycles. The maximum Gasteiger partial charge on any atom is 0.224 e. The van der Waals surface area contributed by atoms with Crippen LogP contribution in [0.5, 0.6) is 0 Å². The van der Waals surface area contributed by atoms with Crippen molar-refractivity contribution in [3.8, 4) is 6.07 Å². The SMILES string of the molecule is CC(C)(C)C[C@H](CC(=O)COC1CCCCC1)C(=O)N[C@H](C#N)C[C@@H]1CCNC1=O. The highest BCUT2D eigenvalue weighted by atomic mass is 16.5. The number of carbonyl (C=O) groups excluding carboxylic acids is 3. The first-order valence-corrected chi connectivity index (χ1v) is 11.3. The molecule has 1 aliphatic heterocycles. The molecule has 0 radical (unpaired) electrons. The van der Waals surface area contributed by atoms with Crippen LogP contribution in [-0.4, -0.2) is 42.9 Å². The van der Waals surface area contributed by atoms with Crippen molar-refractivity contribution in [2.24, 2.45) is 17.3 Å². The summed E-state index contributed by atoms with van der Waals surface area (Å²) in [7, 11) is 0. The monoisotopic (exact) mass is 419 g/mol. The van der Waals surface area contributed by atoms with Crippen molar-refractivity contribution in [1.29, 1.82) is 5.26 Å². The quantitative estimate of drug-likeness (QED) is 0.566. The number of nitrogens with zero attached hydrogens (tertiary/aromatic N) is 1. The topological polar surface area (TPSA) is 108 Å². The lowest BCUT2D eigenvalue weighted by Gasteiger charge is -2.27. The lowest BCUT2D eigenvalue weighted by atomic mass is 9.82. The van der Waals surface area contributed by atoms with Gasteiger partial charge in [-0.05, 0) is 37.5 Å². The normalized spacial score (nSPS) is 22.1. The fourth-order valence-corrected chi connectivity index (χ4v) is 4.36. The molecule has 7 heteroatoms. The van der Waals surface area contributed by atoms with Crippen LogP contribution in [0.2, 0.25) is 0 Å². The molecule has 2 aliphatic rings. The van der Waals surface area contributed by atoms with Gasteiger partial charge in [0.2, 0.25) is 11.8 Å². The van der Waals surface area contributed by atoms with Gasteiger partial charge in [-0.15, -0.1) is 0 Å². The molecule has 7 nitrogen and oxygen atoms in total. The van der Waals surface area contributed by atoms with Gasteiger partial charge in [-0.3, -0.25) is 14.4 Å². The summed E-state index contributed by atoms with van der Waals surface area (Å²) in [6, 6.07) is 1.36. The van der Waals surface area contributed by atoms with Crippen LogP contribution in [0.4, 0.5) is 0 Å². The van der Waals surface area contributed by atoms with Crippen LogP contribution in [0, 0.1) is 28.6 Å². The molecule has 0 spiro atoms. The van der Waals surface area contributed by atoms with E-state index in [1.165, 1.54) is 6.42 Å². The zero-order chi connectivity index (χ0) is 22.1. The summed E-state index contributed by atoms with van der Waals surface area (Å²) >= 11 is 0.